The largest absolute Gasteiger partial charge is 0.337 e. The Morgan fingerprint density at radius 2 is 2.44 bits per heavy atom. The van der Waals surface area contributed by atoms with Crippen molar-refractivity contribution in [2.45, 2.75) is 38.1 Å². The van der Waals surface area contributed by atoms with Gasteiger partial charge in [0.05, 0.1) is 6.33 Å². The van der Waals surface area contributed by atoms with Crippen LogP contribution in [-0.4, -0.2) is 9.55 Å². The van der Waals surface area contributed by atoms with Crippen LogP contribution in [0.15, 0.2) is 30.2 Å². The minimum Gasteiger partial charge on any atom is -0.337 e. The lowest BCUT2D eigenvalue weighted by molar-refractivity contribution is 0.514. The molecule has 0 saturated carbocycles. The van der Waals surface area contributed by atoms with Crippen LogP contribution >= 0.6 is 11.3 Å². The molecular formula is C13H16N2S. The zero-order chi connectivity index (χ0) is 10.8. The first-order chi connectivity index (χ1) is 7.93. The van der Waals surface area contributed by atoms with Crippen LogP contribution < -0.4 is 0 Å². The van der Waals surface area contributed by atoms with Crippen molar-refractivity contribution in [1.82, 2.24) is 9.55 Å². The average molecular weight is 232 g/mol. The van der Waals surface area contributed by atoms with Crippen LogP contribution in [-0.2, 0) is 13.0 Å². The Kier molecular flexibility index (Phi) is 2.79. The fourth-order valence-corrected chi connectivity index (χ4v) is 3.60. The van der Waals surface area contributed by atoms with Crippen molar-refractivity contribution >= 4 is 11.3 Å². The second-order valence-electron chi connectivity index (χ2n) is 4.50. The molecule has 1 aliphatic rings. The predicted molar refractivity (Wildman–Crippen MR) is 66.8 cm³/mol. The summed E-state index contributed by atoms with van der Waals surface area (Å²) in [5.74, 6) is 0.693. The SMILES string of the molecule is c1cn(CC2CCCCc3sccc32)cn1. The molecule has 16 heavy (non-hydrogen) atoms. The Labute approximate surface area is 100.0 Å². The molecule has 0 aliphatic heterocycles. The molecule has 2 aromatic heterocycles. The van der Waals surface area contributed by atoms with Crippen LogP contribution in [0.3, 0.4) is 0 Å². The van der Waals surface area contributed by atoms with Gasteiger partial charge in [0.1, 0.15) is 0 Å². The lowest BCUT2D eigenvalue weighted by atomic mass is 9.97. The Balaban J connectivity index is 1.85. The van der Waals surface area contributed by atoms with E-state index in [1.807, 2.05) is 23.9 Å². The van der Waals surface area contributed by atoms with Crippen LogP contribution in [0.4, 0.5) is 0 Å². The van der Waals surface area contributed by atoms with Gasteiger partial charge in [-0.05, 0) is 36.3 Å². The van der Waals surface area contributed by atoms with Gasteiger partial charge in [0, 0.05) is 29.7 Å². The van der Waals surface area contributed by atoms with Crippen molar-refractivity contribution in [3.63, 3.8) is 0 Å². The third kappa shape index (κ3) is 1.92. The van der Waals surface area contributed by atoms with E-state index in [0.717, 1.165) is 6.54 Å². The molecular weight excluding hydrogens is 216 g/mol. The number of hydrogen-bond donors (Lipinski definition) is 0. The number of aromatic nitrogens is 2. The fraction of sp³-hybridized carbons (Fsp3) is 0.462. The second-order valence-corrected chi connectivity index (χ2v) is 5.50. The number of fused-ring (bicyclic) bond motifs is 1. The van der Waals surface area contributed by atoms with Crippen LogP contribution in [0, 0.1) is 0 Å². The van der Waals surface area contributed by atoms with E-state index in [4.69, 9.17) is 0 Å². The van der Waals surface area contributed by atoms with Crippen LogP contribution in [0.25, 0.3) is 0 Å². The van der Waals surface area contributed by atoms with Gasteiger partial charge < -0.3 is 4.57 Å². The first-order valence-corrected chi connectivity index (χ1v) is 6.83. The molecule has 84 valence electrons. The van der Waals surface area contributed by atoms with Gasteiger partial charge >= 0.3 is 0 Å². The predicted octanol–water partition coefficient (Wildman–Crippen LogP) is 3.45. The Bertz CT molecular complexity index is 444. The molecule has 0 spiro atoms. The van der Waals surface area contributed by atoms with Crippen LogP contribution in [0.2, 0.25) is 0 Å². The Hall–Kier alpha value is -1.09. The van der Waals surface area contributed by atoms with E-state index >= 15 is 0 Å². The minimum atomic E-state index is 0.693. The lowest BCUT2D eigenvalue weighted by Gasteiger charge is -2.15. The monoisotopic (exact) mass is 232 g/mol. The molecule has 1 aliphatic carbocycles. The van der Waals surface area contributed by atoms with Gasteiger partial charge in [-0.1, -0.05) is 6.42 Å². The van der Waals surface area contributed by atoms with Crippen molar-refractivity contribution in [2.75, 3.05) is 0 Å². The van der Waals surface area contributed by atoms with Crippen molar-refractivity contribution in [2.24, 2.45) is 0 Å². The van der Waals surface area contributed by atoms with E-state index in [1.165, 1.54) is 25.7 Å². The van der Waals surface area contributed by atoms with E-state index < -0.39 is 0 Å². The lowest BCUT2D eigenvalue weighted by Crippen LogP contribution is -2.07. The van der Waals surface area contributed by atoms with Crippen LogP contribution in [0.1, 0.15) is 35.6 Å². The first-order valence-electron chi connectivity index (χ1n) is 5.95. The Morgan fingerprint density at radius 1 is 1.44 bits per heavy atom. The zero-order valence-electron chi connectivity index (χ0n) is 9.30. The summed E-state index contributed by atoms with van der Waals surface area (Å²) >= 11 is 1.93. The smallest absolute Gasteiger partial charge is 0.0946 e. The standard InChI is InChI=1S/C13H16N2S/c1-2-4-13-12(5-8-16-13)11(3-1)9-15-7-6-14-10-15/h5-8,10-11H,1-4,9H2. The summed E-state index contributed by atoms with van der Waals surface area (Å²) in [5, 5.41) is 2.25. The highest BCUT2D eigenvalue weighted by molar-refractivity contribution is 7.10. The Morgan fingerprint density at radius 3 is 3.31 bits per heavy atom. The third-order valence-corrected chi connectivity index (χ3v) is 4.41. The first kappa shape index (κ1) is 10.1. The highest BCUT2D eigenvalue weighted by Crippen LogP contribution is 2.34. The molecule has 2 nitrogen and oxygen atoms in total. The summed E-state index contributed by atoms with van der Waals surface area (Å²) in [4.78, 5) is 5.73. The van der Waals surface area contributed by atoms with Gasteiger partial charge in [0.2, 0.25) is 0 Å². The molecule has 1 atom stereocenters. The number of hydrogen-bond acceptors (Lipinski definition) is 2. The molecule has 0 bridgehead atoms. The molecule has 0 N–H and O–H groups in total. The zero-order valence-corrected chi connectivity index (χ0v) is 10.1. The van der Waals surface area contributed by atoms with Gasteiger partial charge in [-0.25, -0.2) is 4.98 Å². The highest BCUT2D eigenvalue weighted by Gasteiger charge is 2.19. The quantitative estimate of drug-likeness (QED) is 0.725. The van der Waals surface area contributed by atoms with Crippen molar-refractivity contribution in [3.8, 4) is 0 Å². The molecule has 2 aromatic rings. The van der Waals surface area contributed by atoms with Gasteiger partial charge in [0.25, 0.3) is 0 Å². The maximum atomic E-state index is 4.12. The number of nitrogens with zero attached hydrogens (tertiary/aromatic N) is 2. The minimum absolute atomic E-state index is 0.693. The van der Waals surface area contributed by atoms with E-state index in [9.17, 15) is 0 Å². The maximum Gasteiger partial charge on any atom is 0.0946 e. The molecule has 0 aromatic carbocycles. The number of imidazole rings is 1. The van der Waals surface area contributed by atoms with E-state index in [0.29, 0.717) is 5.92 Å². The van der Waals surface area contributed by atoms with E-state index in [-0.39, 0.29) is 0 Å². The molecule has 0 amide bonds. The van der Waals surface area contributed by atoms with Crippen LogP contribution in [0.5, 0.6) is 0 Å². The van der Waals surface area contributed by atoms with Gasteiger partial charge in [0.15, 0.2) is 0 Å². The molecule has 2 heterocycles. The van der Waals surface area contributed by atoms with E-state index in [2.05, 4.69) is 27.2 Å². The molecule has 0 fully saturated rings. The van der Waals surface area contributed by atoms with E-state index in [1.54, 1.807) is 10.4 Å². The van der Waals surface area contributed by atoms with Crippen molar-refractivity contribution in [3.05, 3.63) is 40.6 Å². The molecule has 0 saturated heterocycles. The fourth-order valence-electron chi connectivity index (χ4n) is 2.59. The summed E-state index contributed by atoms with van der Waals surface area (Å²) in [6.45, 7) is 1.09. The molecule has 0 radical (unpaired) electrons. The summed E-state index contributed by atoms with van der Waals surface area (Å²) in [5.41, 5.74) is 1.59. The second kappa shape index (κ2) is 4.42. The van der Waals surface area contributed by atoms with Gasteiger partial charge in [-0.15, -0.1) is 11.3 Å². The van der Waals surface area contributed by atoms with Gasteiger partial charge in [-0.2, -0.15) is 0 Å². The summed E-state index contributed by atoms with van der Waals surface area (Å²) in [7, 11) is 0. The molecule has 1 unspecified atom stereocenters. The summed E-state index contributed by atoms with van der Waals surface area (Å²) < 4.78 is 2.21. The van der Waals surface area contributed by atoms with Crippen molar-refractivity contribution in [1.29, 1.82) is 0 Å². The highest BCUT2D eigenvalue weighted by atomic mass is 32.1. The van der Waals surface area contributed by atoms with Crippen molar-refractivity contribution < 1.29 is 0 Å². The summed E-state index contributed by atoms with van der Waals surface area (Å²) in [6.07, 6.45) is 11.2. The number of aryl methyl sites for hydroxylation is 1. The normalized spacial score (nSPS) is 20.4. The average Bonchev–Trinajstić information content (AvgIpc) is 2.90. The number of thiophene rings is 1. The molecule has 3 rings (SSSR count). The molecule has 3 heteroatoms. The summed E-state index contributed by atoms with van der Waals surface area (Å²) in [6, 6.07) is 2.33. The maximum absolute atomic E-state index is 4.12. The third-order valence-electron chi connectivity index (χ3n) is 3.42. The topological polar surface area (TPSA) is 17.8 Å². The van der Waals surface area contributed by atoms with Gasteiger partial charge in [-0.3, -0.25) is 0 Å². The number of rotatable bonds is 2.